The summed E-state index contributed by atoms with van der Waals surface area (Å²) in [6, 6.07) is 8.25. The molecule has 1 fully saturated rings. The molecule has 1 saturated carbocycles. The van der Waals surface area contributed by atoms with Crippen LogP contribution in [0.4, 0.5) is 0 Å². The van der Waals surface area contributed by atoms with Gasteiger partial charge in [0, 0.05) is 19.1 Å². The number of primary amides is 1. The molecule has 0 heterocycles. The van der Waals surface area contributed by atoms with Crippen LogP contribution in [-0.4, -0.2) is 37.6 Å². The van der Waals surface area contributed by atoms with Gasteiger partial charge in [-0.05, 0) is 43.9 Å². The third-order valence-electron chi connectivity index (χ3n) is 4.27. The number of nitrogens with two attached hydrogens (primary N) is 1. The SMILES string of the molecule is CCNC(=NCCc1ccc(OCC(N)=O)cc1)NC1CCCCC1.I. The zero-order valence-electron chi connectivity index (χ0n) is 15.5. The van der Waals surface area contributed by atoms with Crippen molar-refractivity contribution in [3.05, 3.63) is 29.8 Å². The maximum atomic E-state index is 10.7. The van der Waals surface area contributed by atoms with Gasteiger partial charge < -0.3 is 21.1 Å². The molecular weight excluding hydrogens is 443 g/mol. The van der Waals surface area contributed by atoms with Crippen LogP contribution < -0.4 is 21.1 Å². The number of nitrogens with zero attached hydrogens (tertiary/aromatic N) is 1. The molecule has 0 aromatic heterocycles. The lowest BCUT2D eigenvalue weighted by Crippen LogP contribution is -2.44. The van der Waals surface area contributed by atoms with Gasteiger partial charge in [-0.25, -0.2) is 0 Å². The maximum Gasteiger partial charge on any atom is 0.255 e. The Bertz CT molecular complexity index is 557. The molecule has 0 atom stereocenters. The molecule has 1 aromatic carbocycles. The van der Waals surface area contributed by atoms with Gasteiger partial charge in [-0.2, -0.15) is 0 Å². The second-order valence-electron chi connectivity index (χ2n) is 6.39. The number of carbonyl (C=O) groups excluding carboxylic acids is 1. The summed E-state index contributed by atoms with van der Waals surface area (Å²) in [7, 11) is 0. The Morgan fingerprint density at radius 2 is 1.92 bits per heavy atom. The zero-order valence-corrected chi connectivity index (χ0v) is 17.8. The smallest absolute Gasteiger partial charge is 0.255 e. The lowest BCUT2D eigenvalue weighted by Gasteiger charge is -2.24. The normalized spacial score (nSPS) is 15.0. The minimum absolute atomic E-state index is 0. The lowest BCUT2D eigenvalue weighted by atomic mass is 9.96. The molecule has 0 aliphatic heterocycles. The van der Waals surface area contributed by atoms with Crippen molar-refractivity contribution in [2.75, 3.05) is 19.7 Å². The predicted molar refractivity (Wildman–Crippen MR) is 116 cm³/mol. The molecule has 26 heavy (non-hydrogen) atoms. The molecule has 0 bridgehead atoms. The van der Waals surface area contributed by atoms with Gasteiger partial charge in [0.05, 0.1) is 0 Å². The molecule has 1 amide bonds. The molecule has 7 heteroatoms. The largest absolute Gasteiger partial charge is 0.484 e. The fraction of sp³-hybridized carbons (Fsp3) is 0.579. The van der Waals surface area contributed by atoms with E-state index in [9.17, 15) is 4.79 Å². The van der Waals surface area contributed by atoms with Crippen LogP contribution in [0.5, 0.6) is 5.75 Å². The highest BCUT2D eigenvalue weighted by Crippen LogP contribution is 2.17. The lowest BCUT2D eigenvalue weighted by molar-refractivity contribution is -0.119. The fourth-order valence-corrected chi connectivity index (χ4v) is 2.96. The van der Waals surface area contributed by atoms with Crippen molar-refractivity contribution in [3.63, 3.8) is 0 Å². The van der Waals surface area contributed by atoms with E-state index in [-0.39, 0.29) is 30.6 Å². The van der Waals surface area contributed by atoms with E-state index in [0.717, 1.165) is 25.5 Å². The number of hydrogen-bond donors (Lipinski definition) is 3. The average Bonchev–Trinajstić information content (AvgIpc) is 2.62. The van der Waals surface area contributed by atoms with Crippen molar-refractivity contribution in [1.29, 1.82) is 0 Å². The average molecular weight is 474 g/mol. The second kappa shape index (κ2) is 12.8. The summed E-state index contributed by atoms with van der Waals surface area (Å²) in [6.45, 7) is 3.58. The van der Waals surface area contributed by atoms with E-state index in [1.54, 1.807) is 0 Å². The molecular formula is C19H31IN4O2. The number of ether oxygens (including phenoxy) is 1. The first-order valence-electron chi connectivity index (χ1n) is 9.22. The highest BCUT2D eigenvalue weighted by molar-refractivity contribution is 14.0. The number of nitrogens with one attached hydrogen (secondary N) is 2. The van der Waals surface area contributed by atoms with Gasteiger partial charge in [0.25, 0.3) is 5.91 Å². The summed E-state index contributed by atoms with van der Waals surface area (Å²) in [5, 5.41) is 6.88. The number of carbonyl (C=O) groups is 1. The number of aliphatic imine (C=N–C) groups is 1. The van der Waals surface area contributed by atoms with Crippen LogP contribution in [-0.2, 0) is 11.2 Å². The van der Waals surface area contributed by atoms with Gasteiger partial charge in [-0.15, -0.1) is 24.0 Å². The van der Waals surface area contributed by atoms with E-state index < -0.39 is 5.91 Å². The summed E-state index contributed by atoms with van der Waals surface area (Å²) in [6.07, 6.45) is 7.29. The molecule has 0 radical (unpaired) electrons. The summed E-state index contributed by atoms with van der Waals surface area (Å²) >= 11 is 0. The number of halogens is 1. The minimum atomic E-state index is -0.472. The molecule has 1 aromatic rings. The molecule has 146 valence electrons. The second-order valence-corrected chi connectivity index (χ2v) is 6.39. The standard InChI is InChI=1S/C19H30N4O2.HI/c1-2-21-19(23-16-6-4-3-5-7-16)22-13-12-15-8-10-17(11-9-15)25-14-18(20)24;/h8-11,16H,2-7,12-14H2,1H3,(H2,20,24)(H2,21,22,23);1H. The Morgan fingerprint density at radius 1 is 1.23 bits per heavy atom. The Labute approximate surface area is 173 Å². The van der Waals surface area contributed by atoms with Gasteiger partial charge in [0.15, 0.2) is 12.6 Å². The van der Waals surface area contributed by atoms with Gasteiger partial charge in [-0.1, -0.05) is 31.4 Å². The third kappa shape index (κ3) is 8.73. The molecule has 0 saturated heterocycles. The Kier molecular flexibility index (Phi) is 11.1. The van der Waals surface area contributed by atoms with Gasteiger partial charge in [-0.3, -0.25) is 9.79 Å². The van der Waals surface area contributed by atoms with Crippen molar-refractivity contribution < 1.29 is 9.53 Å². The van der Waals surface area contributed by atoms with E-state index in [0.29, 0.717) is 11.8 Å². The number of guanidine groups is 1. The van der Waals surface area contributed by atoms with Crippen LogP contribution in [0.2, 0.25) is 0 Å². The quantitative estimate of drug-likeness (QED) is 0.307. The topological polar surface area (TPSA) is 88.7 Å². The highest BCUT2D eigenvalue weighted by Gasteiger charge is 2.14. The number of benzene rings is 1. The Morgan fingerprint density at radius 3 is 2.54 bits per heavy atom. The van der Waals surface area contributed by atoms with Crippen LogP contribution in [0.3, 0.4) is 0 Å². The molecule has 2 rings (SSSR count). The fourth-order valence-electron chi connectivity index (χ4n) is 2.96. The van der Waals surface area contributed by atoms with Crippen LogP contribution in [0.1, 0.15) is 44.6 Å². The van der Waals surface area contributed by atoms with Crippen LogP contribution in [0, 0.1) is 0 Å². The van der Waals surface area contributed by atoms with E-state index in [1.807, 2.05) is 24.3 Å². The van der Waals surface area contributed by atoms with Crippen LogP contribution in [0.25, 0.3) is 0 Å². The Hall–Kier alpha value is -1.51. The third-order valence-corrected chi connectivity index (χ3v) is 4.27. The first-order valence-corrected chi connectivity index (χ1v) is 9.22. The molecule has 4 N–H and O–H groups in total. The first-order chi connectivity index (χ1) is 12.2. The van der Waals surface area contributed by atoms with Crippen molar-refractivity contribution in [1.82, 2.24) is 10.6 Å². The molecule has 6 nitrogen and oxygen atoms in total. The molecule has 1 aliphatic carbocycles. The predicted octanol–water partition coefficient (Wildman–Crippen LogP) is 2.60. The first kappa shape index (κ1) is 22.5. The van der Waals surface area contributed by atoms with Gasteiger partial charge in [0.2, 0.25) is 0 Å². The van der Waals surface area contributed by atoms with E-state index in [4.69, 9.17) is 10.5 Å². The van der Waals surface area contributed by atoms with E-state index >= 15 is 0 Å². The number of hydrogen-bond acceptors (Lipinski definition) is 3. The van der Waals surface area contributed by atoms with Crippen LogP contribution in [0.15, 0.2) is 29.3 Å². The minimum Gasteiger partial charge on any atom is -0.484 e. The van der Waals surface area contributed by atoms with Gasteiger partial charge in [0.1, 0.15) is 5.75 Å². The van der Waals surface area contributed by atoms with Gasteiger partial charge >= 0.3 is 0 Å². The molecule has 0 spiro atoms. The Balaban J connectivity index is 0.00000338. The monoisotopic (exact) mass is 474 g/mol. The van der Waals surface area contributed by atoms with E-state index in [2.05, 4.69) is 22.5 Å². The number of amides is 1. The van der Waals surface area contributed by atoms with E-state index in [1.165, 1.54) is 37.7 Å². The summed E-state index contributed by atoms with van der Waals surface area (Å²) < 4.78 is 5.26. The van der Waals surface area contributed by atoms with Crippen molar-refractivity contribution in [2.45, 2.75) is 51.5 Å². The summed E-state index contributed by atoms with van der Waals surface area (Å²) in [5.74, 6) is 1.09. The maximum absolute atomic E-state index is 10.7. The van der Waals surface area contributed by atoms with Crippen molar-refractivity contribution in [2.24, 2.45) is 10.7 Å². The highest BCUT2D eigenvalue weighted by atomic mass is 127. The van der Waals surface area contributed by atoms with Crippen LogP contribution >= 0.6 is 24.0 Å². The number of rotatable bonds is 8. The zero-order chi connectivity index (χ0) is 17.9. The molecule has 1 aliphatic rings. The summed E-state index contributed by atoms with van der Waals surface area (Å²) in [4.78, 5) is 15.4. The van der Waals surface area contributed by atoms with Crippen molar-refractivity contribution in [3.8, 4) is 5.75 Å². The van der Waals surface area contributed by atoms with Crippen molar-refractivity contribution >= 4 is 35.8 Å². The summed E-state index contributed by atoms with van der Waals surface area (Å²) in [5.41, 5.74) is 6.25. The molecule has 0 unspecified atom stereocenters.